The number of nitrogens with zero attached hydrogens (tertiary/aromatic N) is 2. The summed E-state index contributed by atoms with van der Waals surface area (Å²) in [4.78, 5) is 0. The third-order valence-corrected chi connectivity index (χ3v) is 4.15. The van der Waals surface area contributed by atoms with E-state index in [0.29, 0.717) is 0 Å². The molecule has 1 heterocycles. The van der Waals surface area contributed by atoms with E-state index >= 15 is 0 Å². The van der Waals surface area contributed by atoms with Gasteiger partial charge in [0, 0.05) is 19.3 Å². The Balaban J connectivity index is 1.43. The van der Waals surface area contributed by atoms with Crippen LogP contribution in [0.2, 0.25) is 0 Å². The van der Waals surface area contributed by atoms with Gasteiger partial charge in [0.05, 0.1) is 6.61 Å². The molecule has 15 heavy (non-hydrogen) atoms. The van der Waals surface area contributed by atoms with Gasteiger partial charge in [-0.25, -0.2) is 0 Å². The molecule has 1 unspecified atom stereocenters. The first-order chi connectivity index (χ1) is 7.28. The van der Waals surface area contributed by atoms with Crippen LogP contribution in [-0.4, -0.2) is 16.4 Å². The molecule has 2 aliphatic rings. The highest BCUT2D eigenvalue weighted by atomic mass is 16.5. The maximum atomic E-state index is 5.62. The van der Waals surface area contributed by atoms with Gasteiger partial charge in [-0.2, -0.15) is 0 Å². The van der Waals surface area contributed by atoms with E-state index in [1.54, 1.807) is 4.68 Å². The highest BCUT2D eigenvalue weighted by Crippen LogP contribution is 2.65. The molecule has 1 spiro atoms. The van der Waals surface area contributed by atoms with E-state index in [1.807, 2.05) is 19.3 Å². The summed E-state index contributed by atoms with van der Waals surface area (Å²) in [7, 11) is 1.91. The molecule has 2 fully saturated rings. The number of hydrogen-bond acceptors (Lipinski definition) is 2. The Kier molecular flexibility index (Phi) is 2.01. The summed E-state index contributed by atoms with van der Waals surface area (Å²) in [5.74, 6) is 1.71. The summed E-state index contributed by atoms with van der Waals surface area (Å²) >= 11 is 0. The van der Waals surface area contributed by atoms with Gasteiger partial charge in [0.25, 0.3) is 0 Å². The number of rotatable bonds is 4. The molecule has 1 atom stereocenters. The van der Waals surface area contributed by atoms with Gasteiger partial charge in [0.1, 0.15) is 0 Å². The summed E-state index contributed by atoms with van der Waals surface area (Å²) in [6.07, 6.45) is 8.98. The number of aryl methyl sites for hydroxylation is 1. The van der Waals surface area contributed by atoms with Crippen LogP contribution >= 0.6 is 0 Å². The van der Waals surface area contributed by atoms with Crippen LogP contribution in [0.5, 0.6) is 5.88 Å². The fourth-order valence-electron chi connectivity index (χ4n) is 2.80. The van der Waals surface area contributed by atoms with Crippen molar-refractivity contribution in [3.63, 3.8) is 0 Å². The number of aromatic nitrogens is 2. The van der Waals surface area contributed by atoms with Crippen molar-refractivity contribution < 1.29 is 4.74 Å². The maximum Gasteiger partial charge on any atom is 0.232 e. The van der Waals surface area contributed by atoms with Gasteiger partial charge in [-0.05, 0) is 43.4 Å². The largest absolute Gasteiger partial charge is 0.477 e. The van der Waals surface area contributed by atoms with E-state index in [0.717, 1.165) is 23.8 Å². The zero-order valence-electron chi connectivity index (χ0n) is 9.28. The van der Waals surface area contributed by atoms with Crippen molar-refractivity contribution in [1.29, 1.82) is 0 Å². The lowest BCUT2D eigenvalue weighted by atomic mass is 9.69. The first-order valence-electron chi connectivity index (χ1n) is 5.91. The summed E-state index contributed by atoms with van der Waals surface area (Å²) in [5.41, 5.74) is 0.785. The molecule has 2 aliphatic carbocycles. The van der Waals surface area contributed by atoms with Gasteiger partial charge in [-0.1, -0.05) is 0 Å². The summed E-state index contributed by atoms with van der Waals surface area (Å²) in [5, 5.41) is 4.20. The van der Waals surface area contributed by atoms with Gasteiger partial charge < -0.3 is 4.74 Å². The van der Waals surface area contributed by atoms with E-state index in [2.05, 4.69) is 5.10 Å². The normalized spacial score (nSPS) is 26.3. The average Bonchev–Trinajstić information content (AvgIpc) is 2.94. The Bertz CT molecular complexity index is 354. The van der Waals surface area contributed by atoms with Crippen LogP contribution in [0.1, 0.15) is 32.1 Å². The first-order valence-corrected chi connectivity index (χ1v) is 5.91. The Morgan fingerprint density at radius 1 is 1.53 bits per heavy atom. The molecule has 0 amide bonds. The van der Waals surface area contributed by atoms with Crippen molar-refractivity contribution in [2.24, 2.45) is 18.4 Å². The van der Waals surface area contributed by atoms with E-state index in [4.69, 9.17) is 4.74 Å². The topological polar surface area (TPSA) is 27.1 Å². The molecule has 82 valence electrons. The average molecular weight is 206 g/mol. The summed E-state index contributed by atoms with van der Waals surface area (Å²) < 4.78 is 7.40. The monoisotopic (exact) mass is 206 g/mol. The van der Waals surface area contributed by atoms with Crippen LogP contribution in [0.25, 0.3) is 0 Å². The van der Waals surface area contributed by atoms with Crippen LogP contribution in [0.3, 0.4) is 0 Å². The predicted octanol–water partition coefficient (Wildman–Crippen LogP) is 2.38. The van der Waals surface area contributed by atoms with Crippen molar-refractivity contribution in [2.45, 2.75) is 32.1 Å². The Morgan fingerprint density at radius 2 is 2.40 bits per heavy atom. The Labute approximate surface area is 90.4 Å². The molecular formula is C12H18N2O. The summed E-state index contributed by atoms with van der Waals surface area (Å²) in [6.45, 7) is 0.837. The van der Waals surface area contributed by atoms with Gasteiger partial charge in [0.15, 0.2) is 0 Å². The van der Waals surface area contributed by atoms with Gasteiger partial charge >= 0.3 is 0 Å². The number of hydrogen-bond donors (Lipinski definition) is 0. The molecule has 0 radical (unpaired) electrons. The second-order valence-electron chi connectivity index (χ2n) is 5.06. The van der Waals surface area contributed by atoms with Crippen molar-refractivity contribution in [3.8, 4) is 5.88 Å². The SMILES string of the molecule is Cn1ccc(OCCC2CCC23CC3)n1. The minimum Gasteiger partial charge on any atom is -0.477 e. The smallest absolute Gasteiger partial charge is 0.232 e. The van der Waals surface area contributed by atoms with Crippen molar-refractivity contribution in [2.75, 3.05) is 6.61 Å². The first kappa shape index (κ1) is 9.25. The standard InChI is InChI=1S/C12H18N2O/c1-14-8-3-11(13-14)15-9-4-10-2-5-12(10)6-7-12/h3,8,10H,2,4-7,9H2,1H3. The van der Waals surface area contributed by atoms with Gasteiger partial charge in [-0.3, -0.25) is 4.68 Å². The molecule has 0 aromatic carbocycles. The molecule has 1 aromatic heterocycles. The second-order valence-corrected chi connectivity index (χ2v) is 5.06. The zero-order valence-corrected chi connectivity index (χ0v) is 9.28. The van der Waals surface area contributed by atoms with E-state index in [1.165, 1.54) is 32.1 Å². The fraction of sp³-hybridized carbons (Fsp3) is 0.750. The maximum absolute atomic E-state index is 5.62. The van der Waals surface area contributed by atoms with Crippen LogP contribution in [0, 0.1) is 11.3 Å². The van der Waals surface area contributed by atoms with Gasteiger partial charge in [-0.15, -0.1) is 5.10 Å². The van der Waals surface area contributed by atoms with Crippen molar-refractivity contribution in [1.82, 2.24) is 9.78 Å². The van der Waals surface area contributed by atoms with Crippen LogP contribution in [0.15, 0.2) is 12.3 Å². The number of ether oxygens (including phenoxy) is 1. The molecule has 0 saturated heterocycles. The quantitative estimate of drug-likeness (QED) is 0.756. The predicted molar refractivity (Wildman–Crippen MR) is 57.7 cm³/mol. The molecule has 2 saturated carbocycles. The van der Waals surface area contributed by atoms with E-state index in [-0.39, 0.29) is 0 Å². The minimum absolute atomic E-state index is 0.765. The summed E-state index contributed by atoms with van der Waals surface area (Å²) in [6, 6.07) is 1.92. The van der Waals surface area contributed by atoms with Crippen molar-refractivity contribution in [3.05, 3.63) is 12.3 Å². The third-order valence-electron chi connectivity index (χ3n) is 4.15. The van der Waals surface area contributed by atoms with Gasteiger partial charge in [0.2, 0.25) is 5.88 Å². The molecule has 3 heteroatoms. The molecule has 0 bridgehead atoms. The second kappa shape index (κ2) is 3.26. The molecule has 0 N–H and O–H groups in total. The Morgan fingerprint density at radius 3 is 2.93 bits per heavy atom. The lowest BCUT2D eigenvalue weighted by Crippen LogP contribution is -2.28. The fourth-order valence-corrected chi connectivity index (χ4v) is 2.80. The Hall–Kier alpha value is -0.990. The lowest BCUT2D eigenvalue weighted by Gasteiger charge is -2.37. The van der Waals surface area contributed by atoms with Crippen molar-refractivity contribution >= 4 is 0 Å². The molecular weight excluding hydrogens is 188 g/mol. The third kappa shape index (κ3) is 1.64. The molecule has 1 aromatic rings. The molecule has 0 aliphatic heterocycles. The lowest BCUT2D eigenvalue weighted by molar-refractivity contribution is 0.113. The zero-order chi connectivity index (χ0) is 10.3. The highest BCUT2D eigenvalue weighted by Gasteiger charge is 2.54. The highest BCUT2D eigenvalue weighted by molar-refractivity contribution is 5.07. The van der Waals surface area contributed by atoms with E-state index in [9.17, 15) is 0 Å². The van der Waals surface area contributed by atoms with Crippen LogP contribution in [-0.2, 0) is 7.05 Å². The minimum atomic E-state index is 0.765. The van der Waals surface area contributed by atoms with Crippen LogP contribution in [0.4, 0.5) is 0 Å². The molecule has 3 rings (SSSR count). The van der Waals surface area contributed by atoms with Crippen LogP contribution < -0.4 is 4.74 Å². The molecule has 3 nitrogen and oxygen atoms in total. The van der Waals surface area contributed by atoms with E-state index < -0.39 is 0 Å².